The average molecular weight is 909 g/mol. The van der Waals surface area contributed by atoms with Gasteiger partial charge in [0.15, 0.2) is 39.6 Å². The number of hydrogen-bond donors (Lipinski definition) is 2. The zero-order chi connectivity index (χ0) is 47.1. The van der Waals surface area contributed by atoms with Crippen LogP contribution in [-0.2, 0) is 13.6 Å². The number of nitrogen functional groups attached to an aromatic ring is 1. The third-order valence-electron chi connectivity index (χ3n) is 12.6. The summed E-state index contributed by atoms with van der Waals surface area (Å²) in [5.41, 5.74) is 9.32. The van der Waals surface area contributed by atoms with Crippen LogP contribution in [0.5, 0.6) is 23.0 Å². The fourth-order valence-electron chi connectivity index (χ4n) is 6.73. The Balaban J connectivity index is 1.47. The lowest BCUT2D eigenvalue weighted by Gasteiger charge is -2.38. The predicted molar refractivity (Wildman–Crippen MR) is 255 cm³/mol. The van der Waals surface area contributed by atoms with Gasteiger partial charge in [0.1, 0.15) is 6.61 Å². The first-order valence-corrected chi connectivity index (χ1v) is 27.4. The molecule has 2 aromatic rings. The molecule has 4 rings (SSSR count). The van der Waals surface area contributed by atoms with Crippen molar-refractivity contribution >= 4 is 45.9 Å². The molecule has 0 aliphatic carbocycles. The average Bonchev–Trinajstić information content (AvgIpc) is 3.78. The SMILES string of the molecule is C=CCOC(=O)Nc1cc(OCCCOc2cc(N)c(C(=O)N3CC(=C)C[C@H]3CO[Si](C)(C)C(C)(C)C)cc2OC)c(OC)cc1C(=O)N1CC(=C)C[C@H]1CO[Si](C)(C)C(C)(C)C. The van der Waals surface area contributed by atoms with Crippen molar-refractivity contribution in [3.8, 4) is 23.0 Å². The summed E-state index contributed by atoms with van der Waals surface area (Å²) >= 11 is 0. The molecule has 2 aliphatic heterocycles. The van der Waals surface area contributed by atoms with Gasteiger partial charge < -0.3 is 48.1 Å². The van der Waals surface area contributed by atoms with E-state index in [9.17, 15) is 14.4 Å². The third-order valence-corrected chi connectivity index (χ3v) is 21.6. The Hall–Kier alpha value is -4.78. The molecular weight excluding hydrogens is 837 g/mol. The van der Waals surface area contributed by atoms with Gasteiger partial charge in [0.25, 0.3) is 11.8 Å². The monoisotopic (exact) mass is 908 g/mol. The molecule has 2 atom stereocenters. The largest absolute Gasteiger partial charge is 0.493 e. The Labute approximate surface area is 377 Å². The zero-order valence-electron chi connectivity index (χ0n) is 39.8. The van der Waals surface area contributed by atoms with E-state index in [1.165, 1.54) is 20.3 Å². The van der Waals surface area contributed by atoms with Gasteiger partial charge in [-0.05, 0) is 61.2 Å². The minimum absolute atomic E-state index is 0.000401. The number of anilines is 2. The smallest absolute Gasteiger partial charge is 0.411 e. The first kappa shape index (κ1) is 50.9. The fraction of sp³-hybridized carbons (Fsp3) is 0.553. The van der Waals surface area contributed by atoms with Crippen LogP contribution in [0.1, 0.15) is 81.5 Å². The number of nitrogens with zero attached hydrogens (tertiary/aromatic N) is 2. The maximum atomic E-state index is 14.3. The Kier molecular flexibility index (Phi) is 16.8. The summed E-state index contributed by atoms with van der Waals surface area (Å²) in [7, 11) is -1.16. The van der Waals surface area contributed by atoms with Gasteiger partial charge in [0.2, 0.25) is 0 Å². The van der Waals surface area contributed by atoms with Crippen molar-refractivity contribution in [2.24, 2.45) is 0 Å². The lowest BCUT2D eigenvalue weighted by Crippen LogP contribution is -2.46. The van der Waals surface area contributed by atoms with Gasteiger partial charge in [-0.3, -0.25) is 14.9 Å². The Morgan fingerprint density at radius 2 is 1.19 bits per heavy atom. The van der Waals surface area contributed by atoms with E-state index < -0.39 is 22.7 Å². The molecule has 2 aliphatic rings. The summed E-state index contributed by atoms with van der Waals surface area (Å²) in [4.78, 5) is 44.7. The van der Waals surface area contributed by atoms with E-state index in [1.54, 1.807) is 34.1 Å². The number of carbonyl (C=O) groups excluding carboxylic acids is 3. The van der Waals surface area contributed by atoms with Crippen LogP contribution < -0.4 is 30.0 Å². The Morgan fingerprint density at radius 3 is 1.63 bits per heavy atom. The molecule has 348 valence electrons. The minimum atomic E-state index is -2.10. The van der Waals surface area contributed by atoms with Gasteiger partial charge in [-0.15, -0.1) is 0 Å². The minimum Gasteiger partial charge on any atom is -0.493 e. The number of benzene rings is 2. The second-order valence-electron chi connectivity index (χ2n) is 19.4. The molecule has 0 aromatic heterocycles. The first-order valence-electron chi connectivity index (χ1n) is 21.6. The van der Waals surface area contributed by atoms with Gasteiger partial charge in [-0.25, -0.2) is 4.79 Å². The lowest BCUT2D eigenvalue weighted by molar-refractivity contribution is 0.0680. The quantitative estimate of drug-likeness (QED) is 0.0598. The molecule has 2 aromatic carbocycles. The second-order valence-corrected chi connectivity index (χ2v) is 29.0. The molecule has 3 amide bonds. The first-order chi connectivity index (χ1) is 29.3. The number of nitrogens with one attached hydrogen (secondary N) is 1. The summed E-state index contributed by atoms with van der Waals surface area (Å²) in [5.74, 6) is 0.770. The summed E-state index contributed by atoms with van der Waals surface area (Å²) in [6, 6.07) is 5.93. The van der Waals surface area contributed by atoms with Crippen molar-refractivity contribution in [2.45, 2.75) is 109 Å². The maximum absolute atomic E-state index is 14.3. The summed E-state index contributed by atoms with van der Waals surface area (Å²) in [6.45, 7) is 35.7. The molecule has 0 spiro atoms. The van der Waals surface area contributed by atoms with Crippen molar-refractivity contribution in [2.75, 3.05) is 71.4 Å². The third kappa shape index (κ3) is 12.7. The Bertz CT molecular complexity index is 2020. The van der Waals surface area contributed by atoms with Crippen molar-refractivity contribution in [1.29, 1.82) is 0 Å². The van der Waals surface area contributed by atoms with Crippen LogP contribution in [0.15, 0.2) is 61.2 Å². The highest BCUT2D eigenvalue weighted by Gasteiger charge is 2.42. The number of hydrogen-bond acceptors (Lipinski definition) is 11. The standard InChI is InChI=1S/C47H72N4O10Si2/c1-16-18-59-45(54)49-38-26-42(40(56-11)24-36(38)44(53)51-28-32(3)22-34(51)30-61-63(14,15)47(7,8)9)58-20-17-19-57-41-25-37(48)35(23-39(41)55-10)43(52)50-27-31(2)21-33(50)29-60-62(12,13)46(4,5)6/h16,23-26,33-34H,1-3,17-22,27-30,48H2,4-15H3,(H,49,54)/t33-,34-/m0/s1. The van der Waals surface area contributed by atoms with Crippen LogP contribution in [0.2, 0.25) is 36.3 Å². The van der Waals surface area contributed by atoms with Crippen LogP contribution in [-0.4, -0.2) is 117 Å². The van der Waals surface area contributed by atoms with Gasteiger partial charge in [0.05, 0.1) is 69.5 Å². The van der Waals surface area contributed by atoms with E-state index >= 15 is 0 Å². The second kappa shape index (κ2) is 20.8. The molecule has 2 saturated heterocycles. The molecular formula is C47H72N4O10Si2. The fourth-order valence-corrected chi connectivity index (χ4v) is 8.81. The van der Waals surface area contributed by atoms with Gasteiger partial charge in [-0.2, -0.15) is 0 Å². The number of likely N-dealkylation sites (tertiary alicyclic amines) is 2. The lowest BCUT2D eigenvalue weighted by atomic mass is 10.1. The highest BCUT2D eigenvalue weighted by Crippen LogP contribution is 2.41. The molecule has 3 N–H and O–H groups in total. The zero-order valence-corrected chi connectivity index (χ0v) is 41.8. The molecule has 14 nitrogen and oxygen atoms in total. The maximum Gasteiger partial charge on any atom is 0.411 e. The molecule has 2 heterocycles. The summed E-state index contributed by atoms with van der Waals surface area (Å²) in [6.07, 6.45) is 2.37. The number of amides is 3. The van der Waals surface area contributed by atoms with Crippen molar-refractivity contribution in [3.05, 3.63) is 72.4 Å². The van der Waals surface area contributed by atoms with Crippen LogP contribution >= 0.6 is 0 Å². The number of methoxy groups -OCH3 is 2. The van der Waals surface area contributed by atoms with Gasteiger partial charge >= 0.3 is 6.09 Å². The summed E-state index contributed by atoms with van der Waals surface area (Å²) < 4.78 is 41.8. The van der Waals surface area contributed by atoms with E-state index in [4.69, 9.17) is 38.3 Å². The molecule has 0 saturated carbocycles. The van der Waals surface area contributed by atoms with Crippen molar-refractivity contribution < 1.29 is 46.9 Å². The number of carbonyl (C=O) groups is 3. The van der Waals surface area contributed by atoms with E-state index in [0.717, 1.165) is 11.1 Å². The van der Waals surface area contributed by atoms with Gasteiger partial charge in [0, 0.05) is 37.3 Å². The van der Waals surface area contributed by atoms with Crippen molar-refractivity contribution in [1.82, 2.24) is 9.80 Å². The van der Waals surface area contributed by atoms with Crippen molar-refractivity contribution in [3.63, 3.8) is 0 Å². The van der Waals surface area contributed by atoms with Crippen LogP contribution in [0.3, 0.4) is 0 Å². The van der Waals surface area contributed by atoms with E-state index in [-0.39, 0.29) is 70.7 Å². The highest BCUT2D eigenvalue weighted by molar-refractivity contribution is 6.74. The summed E-state index contributed by atoms with van der Waals surface area (Å²) in [5, 5.41) is 2.75. The van der Waals surface area contributed by atoms with E-state index in [2.05, 4.69) is 92.8 Å². The van der Waals surface area contributed by atoms with E-state index in [0.29, 0.717) is 74.1 Å². The molecule has 63 heavy (non-hydrogen) atoms. The number of rotatable bonds is 19. The molecule has 0 bridgehead atoms. The molecule has 2 fully saturated rings. The molecule has 0 radical (unpaired) electrons. The normalized spacial score (nSPS) is 17.1. The van der Waals surface area contributed by atoms with Crippen LogP contribution in [0, 0.1) is 0 Å². The highest BCUT2D eigenvalue weighted by atomic mass is 28.4. The predicted octanol–water partition coefficient (Wildman–Crippen LogP) is 9.45. The molecule has 16 heteroatoms. The van der Waals surface area contributed by atoms with E-state index in [1.807, 2.05) is 0 Å². The van der Waals surface area contributed by atoms with Crippen LogP contribution in [0.4, 0.5) is 16.2 Å². The number of ether oxygens (including phenoxy) is 5. The number of nitrogens with two attached hydrogens (primary N) is 1. The van der Waals surface area contributed by atoms with Crippen LogP contribution in [0.25, 0.3) is 0 Å². The Morgan fingerprint density at radius 1 is 0.746 bits per heavy atom. The molecule has 0 unspecified atom stereocenters. The van der Waals surface area contributed by atoms with Gasteiger partial charge in [-0.1, -0.05) is 78.5 Å². The topological polar surface area (TPSA) is 160 Å².